The van der Waals surface area contributed by atoms with Crippen molar-refractivity contribution in [3.05, 3.63) is 54.1 Å². The molecule has 1 aromatic carbocycles. The third-order valence-electron chi connectivity index (χ3n) is 5.78. The number of benzene rings is 1. The second-order valence-corrected chi connectivity index (χ2v) is 10.3. The summed E-state index contributed by atoms with van der Waals surface area (Å²) in [6, 6.07) is 9.09. The minimum Gasteiger partial charge on any atom is -0.444 e. The SMILES string of the molecule is CC(C)(C)OC(=O)NC1(c2cccc(C(C)(C)C)c2)CCC(n2ccnc2)CC1. The predicted octanol–water partition coefficient (Wildman–Crippen LogP) is 5.72. The number of aromatic nitrogens is 2. The van der Waals surface area contributed by atoms with Gasteiger partial charge in [0.15, 0.2) is 0 Å². The highest BCUT2D eigenvalue weighted by molar-refractivity contribution is 5.69. The summed E-state index contributed by atoms with van der Waals surface area (Å²) >= 11 is 0. The summed E-state index contributed by atoms with van der Waals surface area (Å²) in [6.45, 7) is 12.3. The Balaban J connectivity index is 1.89. The molecule has 1 N–H and O–H groups in total. The maximum atomic E-state index is 12.7. The average Bonchev–Trinajstić information content (AvgIpc) is 3.14. The maximum absolute atomic E-state index is 12.7. The topological polar surface area (TPSA) is 56.1 Å². The van der Waals surface area contributed by atoms with Crippen molar-refractivity contribution in [1.29, 1.82) is 0 Å². The molecular weight excluding hydrogens is 362 g/mol. The van der Waals surface area contributed by atoms with Crippen LogP contribution < -0.4 is 5.32 Å². The highest BCUT2D eigenvalue weighted by atomic mass is 16.6. The predicted molar refractivity (Wildman–Crippen MR) is 116 cm³/mol. The molecule has 0 spiro atoms. The molecule has 0 atom stereocenters. The molecule has 5 heteroatoms. The Hall–Kier alpha value is -2.30. The average molecular weight is 398 g/mol. The molecular formula is C24H35N3O2. The molecule has 0 bridgehead atoms. The zero-order valence-corrected chi connectivity index (χ0v) is 18.7. The minimum atomic E-state index is -0.521. The van der Waals surface area contributed by atoms with Crippen LogP contribution in [0.5, 0.6) is 0 Å². The highest BCUT2D eigenvalue weighted by Crippen LogP contribution is 2.42. The third-order valence-corrected chi connectivity index (χ3v) is 5.78. The second kappa shape index (κ2) is 7.85. The van der Waals surface area contributed by atoms with Crippen LogP contribution in [-0.2, 0) is 15.7 Å². The smallest absolute Gasteiger partial charge is 0.408 e. The Morgan fingerprint density at radius 2 is 1.86 bits per heavy atom. The minimum absolute atomic E-state index is 0.0527. The van der Waals surface area contributed by atoms with Gasteiger partial charge in [0.2, 0.25) is 0 Å². The van der Waals surface area contributed by atoms with Gasteiger partial charge < -0.3 is 14.6 Å². The van der Waals surface area contributed by atoms with Gasteiger partial charge in [0.1, 0.15) is 5.60 Å². The molecule has 1 aliphatic rings. The van der Waals surface area contributed by atoms with Crippen LogP contribution in [0.15, 0.2) is 43.0 Å². The summed E-state index contributed by atoms with van der Waals surface area (Å²) < 4.78 is 7.80. The van der Waals surface area contributed by atoms with E-state index in [1.807, 2.05) is 39.5 Å². The lowest BCUT2D eigenvalue weighted by Gasteiger charge is -2.42. The number of amides is 1. The van der Waals surface area contributed by atoms with Gasteiger partial charge in [-0.1, -0.05) is 45.0 Å². The van der Waals surface area contributed by atoms with Gasteiger partial charge in [-0.2, -0.15) is 0 Å². The fraction of sp³-hybridized carbons (Fsp3) is 0.583. The van der Waals surface area contributed by atoms with E-state index in [-0.39, 0.29) is 11.5 Å². The third kappa shape index (κ3) is 5.20. The van der Waals surface area contributed by atoms with Crippen molar-refractivity contribution >= 4 is 6.09 Å². The Labute approximate surface area is 174 Å². The fourth-order valence-corrected chi connectivity index (χ4v) is 4.15. The van der Waals surface area contributed by atoms with Crippen LogP contribution in [0.3, 0.4) is 0 Å². The zero-order chi connectivity index (χ0) is 21.3. The normalized spacial score (nSPS) is 22.9. The summed E-state index contributed by atoms with van der Waals surface area (Å²) in [7, 11) is 0. The first-order valence-electron chi connectivity index (χ1n) is 10.6. The Kier molecular flexibility index (Phi) is 5.79. The summed E-state index contributed by atoms with van der Waals surface area (Å²) in [5, 5.41) is 3.26. The van der Waals surface area contributed by atoms with Gasteiger partial charge in [0.05, 0.1) is 11.9 Å². The molecule has 0 unspecified atom stereocenters. The van der Waals surface area contributed by atoms with Crippen molar-refractivity contribution in [2.75, 3.05) is 0 Å². The standard InChI is InChI=1S/C24H35N3O2/c1-22(2,3)18-8-7-9-19(16-18)24(26-21(28)29-23(4,5)6)12-10-20(11-13-24)27-15-14-25-17-27/h7-9,14-17,20H,10-13H2,1-6H3,(H,26,28). The van der Waals surface area contributed by atoms with E-state index in [0.717, 1.165) is 25.7 Å². The quantitative estimate of drug-likeness (QED) is 0.721. The van der Waals surface area contributed by atoms with Gasteiger partial charge in [0.25, 0.3) is 0 Å². The molecule has 0 saturated heterocycles. The zero-order valence-electron chi connectivity index (χ0n) is 18.7. The Morgan fingerprint density at radius 1 is 1.17 bits per heavy atom. The van der Waals surface area contributed by atoms with E-state index in [1.54, 1.807) is 0 Å². The van der Waals surface area contributed by atoms with Crippen molar-refractivity contribution in [2.24, 2.45) is 0 Å². The number of carbonyl (C=O) groups is 1. The van der Waals surface area contributed by atoms with Crippen LogP contribution in [0.1, 0.15) is 84.4 Å². The first kappa shape index (κ1) is 21.4. The Bertz CT molecular complexity index is 821. The van der Waals surface area contributed by atoms with Crippen molar-refractivity contribution in [3.63, 3.8) is 0 Å². The molecule has 1 heterocycles. The molecule has 158 valence electrons. The first-order chi connectivity index (χ1) is 13.5. The number of rotatable bonds is 3. The van der Waals surface area contributed by atoms with Crippen LogP contribution >= 0.6 is 0 Å². The summed E-state index contributed by atoms with van der Waals surface area (Å²) in [5.41, 5.74) is 1.56. The van der Waals surface area contributed by atoms with E-state index in [2.05, 4.69) is 59.9 Å². The van der Waals surface area contributed by atoms with E-state index in [0.29, 0.717) is 6.04 Å². The highest BCUT2D eigenvalue weighted by Gasteiger charge is 2.40. The van der Waals surface area contributed by atoms with E-state index in [4.69, 9.17) is 4.74 Å². The molecule has 1 amide bonds. The van der Waals surface area contributed by atoms with Crippen molar-refractivity contribution in [3.8, 4) is 0 Å². The summed E-state index contributed by atoms with van der Waals surface area (Å²) in [5.74, 6) is 0. The molecule has 3 rings (SSSR count). The van der Waals surface area contributed by atoms with E-state index in [9.17, 15) is 4.79 Å². The number of nitrogens with zero attached hydrogens (tertiary/aromatic N) is 2. The molecule has 2 aromatic rings. The van der Waals surface area contributed by atoms with Gasteiger partial charge in [-0.3, -0.25) is 0 Å². The van der Waals surface area contributed by atoms with Gasteiger partial charge in [-0.05, 0) is 63.0 Å². The van der Waals surface area contributed by atoms with Crippen LogP contribution in [0.25, 0.3) is 0 Å². The van der Waals surface area contributed by atoms with Crippen LogP contribution in [0.4, 0.5) is 4.79 Å². The number of nitrogens with one attached hydrogen (secondary N) is 1. The number of alkyl carbamates (subject to hydrolysis) is 1. The molecule has 1 fully saturated rings. The molecule has 0 aliphatic heterocycles. The van der Waals surface area contributed by atoms with Crippen molar-refractivity contribution < 1.29 is 9.53 Å². The largest absolute Gasteiger partial charge is 0.444 e. The molecule has 0 radical (unpaired) electrons. The molecule has 1 aromatic heterocycles. The van der Waals surface area contributed by atoms with Gasteiger partial charge >= 0.3 is 6.09 Å². The van der Waals surface area contributed by atoms with E-state index >= 15 is 0 Å². The fourth-order valence-electron chi connectivity index (χ4n) is 4.15. The number of ether oxygens (including phenoxy) is 1. The molecule has 29 heavy (non-hydrogen) atoms. The summed E-state index contributed by atoms with van der Waals surface area (Å²) in [6.07, 6.45) is 9.08. The van der Waals surface area contributed by atoms with E-state index < -0.39 is 11.1 Å². The molecule has 1 aliphatic carbocycles. The lowest BCUT2D eigenvalue weighted by atomic mass is 9.73. The summed E-state index contributed by atoms with van der Waals surface area (Å²) in [4.78, 5) is 16.9. The first-order valence-corrected chi connectivity index (χ1v) is 10.6. The second-order valence-electron chi connectivity index (χ2n) is 10.3. The number of hydrogen-bond donors (Lipinski definition) is 1. The van der Waals surface area contributed by atoms with Gasteiger partial charge in [0, 0.05) is 18.4 Å². The number of hydrogen-bond acceptors (Lipinski definition) is 3. The van der Waals surface area contributed by atoms with Crippen LogP contribution in [0, 0.1) is 0 Å². The lowest BCUT2D eigenvalue weighted by molar-refractivity contribution is 0.0405. The van der Waals surface area contributed by atoms with Crippen LogP contribution in [0.2, 0.25) is 0 Å². The van der Waals surface area contributed by atoms with Gasteiger partial charge in [-0.25, -0.2) is 9.78 Å². The van der Waals surface area contributed by atoms with Gasteiger partial charge in [-0.15, -0.1) is 0 Å². The lowest BCUT2D eigenvalue weighted by Crippen LogP contribution is -2.50. The van der Waals surface area contributed by atoms with Crippen LogP contribution in [-0.4, -0.2) is 21.2 Å². The maximum Gasteiger partial charge on any atom is 0.408 e. The number of imidazole rings is 1. The Morgan fingerprint density at radius 3 is 2.41 bits per heavy atom. The monoisotopic (exact) mass is 397 g/mol. The molecule has 5 nitrogen and oxygen atoms in total. The van der Waals surface area contributed by atoms with Crippen molar-refractivity contribution in [2.45, 2.75) is 89.8 Å². The number of carbonyl (C=O) groups excluding carboxylic acids is 1. The molecule has 1 saturated carbocycles. The van der Waals surface area contributed by atoms with Crippen molar-refractivity contribution in [1.82, 2.24) is 14.9 Å². The van der Waals surface area contributed by atoms with E-state index in [1.165, 1.54) is 11.1 Å².